The van der Waals surface area contributed by atoms with Crippen molar-refractivity contribution in [3.8, 4) is 5.75 Å². The summed E-state index contributed by atoms with van der Waals surface area (Å²) in [6, 6.07) is 12.3. The van der Waals surface area contributed by atoms with E-state index in [2.05, 4.69) is 54.5 Å². The summed E-state index contributed by atoms with van der Waals surface area (Å²) in [5, 5.41) is 0. The largest absolute Gasteiger partial charge is 0.491 e. The highest BCUT2D eigenvalue weighted by Gasteiger charge is 2.20. The zero-order valence-corrected chi connectivity index (χ0v) is 18.8. The zero-order valence-electron chi connectivity index (χ0n) is 18.8. The lowest BCUT2D eigenvalue weighted by molar-refractivity contribution is 0.0429. The topological polar surface area (TPSA) is 18.5 Å². The van der Waals surface area contributed by atoms with Crippen LogP contribution in [0.3, 0.4) is 0 Å². The van der Waals surface area contributed by atoms with Crippen LogP contribution < -0.4 is 4.74 Å². The van der Waals surface area contributed by atoms with Crippen LogP contribution in [0.1, 0.15) is 68.5 Å². The molecule has 0 heterocycles. The van der Waals surface area contributed by atoms with E-state index < -0.39 is 0 Å². The molecule has 0 fully saturated rings. The third-order valence-electron chi connectivity index (χ3n) is 5.21. The summed E-state index contributed by atoms with van der Waals surface area (Å²) in [4.78, 5) is 0. The molecule has 2 aromatic carbocycles. The molecule has 0 amide bonds. The summed E-state index contributed by atoms with van der Waals surface area (Å²) in [6.45, 7) is 17.0. The summed E-state index contributed by atoms with van der Waals surface area (Å²) in [6.07, 6.45) is 2.30. The number of ether oxygens (including phenoxy) is 2. The predicted molar refractivity (Wildman–Crippen MR) is 119 cm³/mol. The van der Waals surface area contributed by atoms with Crippen LogP contribution in [0.5, 0.6) is 5.75 Å². The average molecular weight is 383 g/mol. The number of benzene rings is 2. The molecule has 0 aliphatic carbocycles. The molecule has 0 saturated carbocycles. The maximum atomic E-state index is 6.24. The highest BCUT2D eigenvalue weighted by molar-refractivity contribution is 5.47. The van der Waals surface area contributed by atoms with Crippen molar-refractivity contribution in [2.24, 2.45) is 11.8 Å². The molecule has 2 aromatic rings. The van der Waals surface area contributed by atoms with E-state index in [0.717, 1.165) is 18.6 Å². The number of hydrogen-bond acceptors (Lipinski definition) is 2. The maximum absolute atomic E-state index is 6.24. The Bertz CT molecular complexity index is 732. The van der Waals surface area contributed by atoms with Crippen molar-refractivity contribution >= 4 is 0 Å². The van der Waals surface area contributed by atoms with Crippen molar-refractivity contribution in [3.05, 3.63) is 64.2 Å². The van der Waals surface area contributed by atoms with E-state index in [-0.39, 0.29) is 6.10 Å². The Balaban J connectivity index is 2.17. The molecule has 0 spiro atoms. The van der Waals surface area contributed by atoms with Gasteiger partial charge in [0.1, 0.15) is 12.4 Å². The van der Waals surface area contributed by atoms with Crippen LogP contribution in [0.2, 0.25) is 0 Å². The second-order valence-corrected chi connectivity index (χ2v) is 8.74. The molecular weight excluding hydrogens is 344 g/mol. The molecular formula is C26H38O2. The van der Waals surface area contributed by atoms with E-state index in [1.165, 1.54) is 27.8 Å². The molecule has 0 aliphatic rings. The number of aryl methyl sites for hydroxylation is 1. The maximum Gasteiger partial charge on any atom is 0.119 e. The van der Waals surface area contributed by atoms with Gasteiger partial charge in [-0.2, -0.15) is 0 Å². The summed E-state index contributed by atoms with van der Waals surface area (Å²) < 4.78 is 12.0. The van der Waals surface area contributed by atoms with Crippen LogP contribution in [0.4, 0.5) is 0 Å². The monoisotopic (exact) mass is 382 g/mol. The van der Waals surface area contributed by atoms with Crippen LogP contribution in [0, 0.1) is 25.7 Å². The fraction of sp³-hybridized carbons (Fsp3) is 0.538. The van der Waals surface area contributed by atoms with Gasteiger partial charge in [0, 0.05) is 0 Å². The Morgan fingerprint density at radius 3 is 2.07 bits per heavy atom. The summed E-state index contributed by atoms with van der Waals surface area (Å²) in [5.41, 5.74) is 7.14. The lowest BCUT2D eigenvalue weighted by Crippen LogP contribution is -2.15. The third-order valence-corrected chi connectivity index (χ3v) is 5.21. The van der Waals surface area contributed by atoms with Gasteiger partial charge in [-0.25, -0.2) is 0 Å². The van der Waals surface area contributed by atoms with Crippen LogP contribution in [-0.2, 0) is 17.6 Å². The van der Waals surface area contributed by atoms with Crippen molar-refractivity contribution in [1.29, 1.82) is 0 Å². The van der Waals surface area contributed by atoms with Gasteiger partial charge >= 0.3 is 0 Å². The fourth-order valence-corrected chi connectivity index (χ4v) is 3.87. The number of hydrogen-bond donors (Lipinski definition) is 0. The average Bonchev–Trinajstić information content (AvgIpc) is 2.63. The van der Waals surface area contributed by atoms with Gasteiger partial charge < -0.3 is 9.47 Å². The molecule has 0 bridgehead atoms. The quantitative estimate of drug-likeness (QED) is 0.418. The van der Waals surface area contributed by atoms with E-state index in [1.807, 2.05) is 30.3 Å². The Morgan fingerprint density at radius 2 is 1.46 bits per heavy atom. The van der Waals surface area contributed by atoms with E-state index in [9.17, 15) is 0 Å². The molecule has 2 nitrogen and oxygen atoms in total. The Kier molecular flexibility index (Phi) is 8.57. The van der Waals surface area contributed by atoms with Gasteiger partial charge in [-0.3, -0.25) is 0 Å². The first-order valence-corrected chi connectivity index (χ1v) is 10.7. The smallest absolute Gasteiger partial charge is 0.119 e. The van der Waals surface area contributed by atoms with Crippen LogP contribution in [0.15, 0.2) is 36.4 Å². The first-order chi connectivity index (χ1) is 13.3. The van der Waals surface area contributed by atoms with Crippen molar-refractivity contribution < 1.29 is 9.47 Å². The van der Waals surface area contributed by atoms with E-state index >= 15 is 0 Å². The van der Waals surface area contributed by atoms with Crippen molar-refractivity contribution in [1.82, 2.24) is 0 Å². The molecule has 0 radical (unpaired) electrons. The minimum absolute atomic E-state index is 0.0685. The van der Waals surface area contributed by atoms with Crippen LogP contribution >= 0.6 is 0 Å². The summed E-state index contributed by atoms with van der Waals surface area (Å²) in [5.74, 6) is 2.17. The van der Waals surface area contributed by atoms with Gasteiger partial charge in [0.15, 0.2) is 0 Å². The molecule has 28 heavy (non-hydrogen) atoms. The standard InChI is InChI=1S/C26H38O2/c1-18(2)15-23-17-20(5)21(6)26(25(23)16-19(3)4)22(7)27-13-14-28-24-11-9-8-10-12-24/h8-12,17-19,22H,13-16H2,1-7H3. The summed E-state index contributed by atoms with van der Waals surface area (Å²) in [7, 11) is 0. The summed E-state index contributed by atoms with van der Waals surface area (Å²) >= 11 is 0. The Hall–Kier alpha value is -1.80. The second-order valence-electron chi connectivity index (χ2n) is 8.74. The molecule has 2 rings (SSSR count). The molecule has 154 valence electrons. The van der Waals surface area contributed by atoms with Gasteiger partial charge in [0.2, 0.25) is 0 Å². The first-order valence-electron chi connectivity index (χ1n) is 10.7. The molecule has 2 heteroatoms. The third kappa shape index (κ3) is 6.38. The van der Waals surface area contributed by atoms with Crippen LogP contribution in [0.25, 0.3) is 0 Å². The second kappa shape index (κ2) is 10.7. The first kappa shape index (κ1) is 22.5. The van der Waals surface area contributed by atoms with E-state index in [0.29, 0.717) is 25.0 Å². The molecule has 1 atom stereocenters. The van der Waals surface area contributed by atoms with Crippen molar-refractivity contribution in [2.45, 2.75) is 67.4 Å². The zero-order chi connectivity index (χ0) is 20.7. The molecule has 0 N–H and O–H groups in total. The van der Waals surface area contributed by atoms with Gasteiger partial charge in [0.05, 0.1) is 12.7 Å². The fourth-order valence-electron chi connectivity index (χ4n) is 3.87. The van der Waals surface area contributed by atoms with Gasteiger partial charge in [-0.15, -0.1) is 0 Å². The number of rotatable bonds is 10. The minimum Gasteiger partial charge on any atom is -0.491 e. The minimum atomic E-state index is 0.0685. The molecule has 0 aliphatic heterocycles. The van der Waals surface area contributed by atoms with Gasteiger partial charge in [-0.1, -0.05) is 52.0 Å². The molecule has 0 saturated heterocycles. The van der Waals surface area contributed by atoms with Gasteiger partial charge in [0.25, 0.3) is 0 Å². The predicted octanol–water partition coefficient (Wildman–Crippen LogP) is 6.86. The number of para-hydroxylation sites is 1. The molecule has 0 aromatic heterocycles. The molecule has 1 unspecified atom stereocenters. The SMILES string of the molecule is Cc1cc(CC(C)C)c(CC(C)C)c(C(C)OCCOc2ccccc2)c1C. The van der Waals surface area contributed by atoms with Gasteiger partial charge in [-0.05, 0) is 85.4 Å². The Labute approximate surface area is 172 Å². The highest BCUT2D eigenvalue weighted by Crippen LogP contribution is 2.33. The normalized spacial score (nSPS) is 12.6. The van der Waals surface area contributed by atoms with Crippen LogP contribution in [-0.4, -0.2) is 13.2 Å². The highest BCUT2D eigenvalue weighted by atomic mass is 16.5. The van der Waals surface area contributed by atoms with E-state index in [4.69, 9.17) is 9.47 Å². The van der Waals surface area contributed by atoms with Crippen molar-refractivity contribution in [3.63, 3.8) is 0 Å². The lowest BCUT2D eigenvalue weighted by Gasteiger charge is -2.26. The van der Waals surface area contributed by atoms with Crippen molar-refractivity contribution in [2.75, 3.05) is 13.2 Å². The Morgan fingerprint density at radius 1 is 0.821 bits per heavy atom. The van der Waals surface area contributed by atoms with E-state index in [1.54, 1.807) is 0 Å². The lowest BCUT2D eigenvalue weighted by atomic mass is 9.83.